The van der Waals surface area contributed by atoms with Gasteiger partial charge in [-0.25, -0.2) is 4.79 Å². The van der Waals surface area contributed by atoms with Gasteiger partial charge in [-0.3, -0.25) is 4.79 Å². The number of hydrogen-bond acceptors (Lipinski definition) is 2. The monoisotopic (exact) mass is 250 g/mol. The lowest BCUT2D eigenvalue weighted by Gasteiger charge is -2.20. The van der Waals surface area contributed by atoms with Gasteiger partial charge in [0.15, 0.2) is 0 Å². The van der Waals surface area contributed by atoms with Crippen molar-refractivity contribution in [3.63, 3.8) is 0 Å². The van der Waals surface area contributed by atoms with Crippen LogP contribution in [0.15, 0.2) is 30.3 Å². The number of carbonyl (C=O) groups excluding carboxylic acids is 1. The van der Waals surface area contributed by atoms with E-state index in [2.05, 4.69) is 5.32 Å². The van der Waals surface area contributed by atoms with Crippen molar-refractivity contribution in [1.29, 1.82) is 0 Å². The SMILES string of the molecule is CC(CC(=O)O)NC(=O)N(C)Cc1ccccc1. The Hall–Kier alpha value is -2.04. The Balaban J connectivity index is 2.44. The molecule has 18 heavy (non-hydrogen) atoms. The molecule has 1 unspecified atom stereocenters. The molecule has 1 atom stereocenters. The molecule has 5 nitrogen and oxygen atoms in total. The minimum atomic E-state index is -0.923. The molecule has 2 amide bonds. The van der Waals surface area contributed by atoms with E-state index in [1.807, 2.05) is 30.3 Å². The second-order valence-electron chi connectivity index (χ2n) is 4.29. The summed E-state index contributed by atoms with van der Waals surface area (Å²) >= 11 is 0. The lowest BCUT2D eigenvalue weighted by atomic mass is 10.2. The highest BCUT2D eigenvalue weighted by Crippen LogP contribution is 2.03. The van der Waals surface area contributed by atoms with Crippen LogP contribution in [0.1, 0.15) is 18.9 Å². The molecule has 0 bridgehead atoms. The molecule has 0 radical (unpaired) electrons. The largest absolute Gasteiger partial charge is 0.481 e. The van der Waals surface area contributed by atoms with Gasteiger partial charge in [-0.1, -0.05) is 30.3 Å². The van der Waals surface area contributed by atoms with Crippen LogP contribution in [0.5, 0.6) is 0 Å². The van der Waals surface area contributed by atoms with Gasteiger partial charge < -0.3 is 15.3 Å². The molecule has 2 N–H and O–H groups in total. The first kappa shape index (κ1) is 14.0. The molecule has 0 heterocycles. The molecule has 0 spiro atoms. The zero-order valence-corrected chi connectivity index (χ0v) is 10.6. The van der Waals surface area contributed by atoms with E-state index in [0.29, 0.717) is 6.54 Å². The first-order chi connectivity index (χ1) is 8.49. The van der Waals surface area contributed by atoms with Crippen molar-refractivity contribution in [2.45, 2.75) is 25.9 Å². The molecule has 0 aliphatic carbocycles. The lowest BCUT2D eigenvalue weighted by Crippen LogP contribution is -2.42. The van der Waals surface area contributed by atoms with E-state index in [0.717, 1.165) is 5.56 Å². The Morgan fingerprint density at radius 1 is 1.33 bits per heavy atom. The number of hydrogen-bond donors (Lipinski definition) is 2. The topological polar surface area (TPSA) is 69.6 Å². The van der Waals surface area contributed by atoms with Crippen molar-refractivity contribution in [3.8, 4) is 0 Å². The fourth-order valence-electron chi connectivity index (χ4n) is 1.56. The summed E-state index contributed by atoms with van der Waals surface area (Å²) in [4.78, 5) is 23.8. The molecule has 0 fully saturated rings. The Morgan fingerprint density at radius 2 is 1.94 bits per heavy atom. The van der Waals surface area contributed by atoms with Crippen LogP contribution < -0.4 is 5.32 Å². The van der Waals surface area contributed by atoms with Gasteiger partial charge >= 0.3 is 12.0 Å². The summed E-state index contributed by atoms with van der Waals surface area (Å²) in [6.45, 7) is 2.16. The Labute approximate surface area is 106 Å². The minimum absolute atomic E-state index is 0.0785. The van der Waals surface area contributed by atoms with Gasteiger partial charge in [-0.2, -0.15) is 0 Å². The van der Waals surface area contributed by atoms with Crippen LogP contribution in [0.4, 0.5) is 4.79 Å². The molecule has 0 aliphatic rings. The summed E-state index contributed by atoms with van der Waals surface area (Å²) in [5.74, 6) is -0.923. The molecule has 98 valence electrons. The van der Waals surface area contributed by atoms with Crippen molar-refractivity contribution in [1.82, 2.24) is 10.2 Å². The molecule has 1 rings (SSSR count). The lowest BCUT2D eigenvalue weighted by molar-refractivity contribution is -0.137. The van der Waals surface area contributed by atoms with Gasteiger partial charge in [-0.15, -0.1) is 0 Å². The van der Waals surface area contributed by atoms with Crippen molar-refractivity contribution in [2.75, 3.05) is 7.05 Å². The fraction of sp³-hybridized carbons (Fsp3) is 0.385. The van der Waals surface area contributed by atoms with Gasteiger partial charge in [0, 0.05) is 19.6 Å². The number of carboxylic acids is 1. The van der Waals surface area contributed by atoms with Crippen molar-refractivity contribution >= 4 is 12.0 Å². The third kappa shape index (κ3) is 4.86. The van der Waals surface area contributed by atoms with Crippen LogP contribution in [0.25, 0.3) is 0 Å². The van der Waals surface area contributed by atoms with Crippen molar-refractivity contribution in [3.05, 3.63) is 35.9 Å². The zero-order chi connectivity index (χ0) is 13.5. The quantitative estimate of drug-likeness (QED) is 0.835. The molecule has 0 aliphatic heterocycles. The second kappa shape index (κ2) is 6.64. The highest BCUT2D eigenvalue weighted by Gasteiger charge is 2.14. The maximum absolute atomic E-state index is 11.8. The van der Waals surface area contributed by atoms with E-state index in [-0.39, 0.29) is 18.5 Å². The maximum Gasteiger partial charge on any atom is 0.317 e. The summed E-state index contributed by atoms with van der Waals surface area (Å²) < 4.78 is 0. The Bertz CT molecular complexity index is 406. The summed E-state index contributed by atoms with van der Waals surface area (Å²) in [6.07, 6.45) is -0.0785. The first-order valence-electron chi connectivity index (χ1n) is 5.76. The van der Waals surface area contributed by atoms with E-state index in [1.165, 1.54) is 4.90 Å². The van der Waals surface area contributed by atoms with E-state index >= 15 is 0 Å². The molecular weight excluding hydrogens is 232 g/mol. The van der Waals surface area contributed by atoms with Gasteiger partial charge in [-0.05, 0) is 12.5 Å². The highest BCUT2D eigenvalue weighted by atomic mass is 16.4. The van der Waals surface area contributed by atoms with Crippen LogP contribution in [0.3, 0.4) is 0 Å². The standard InChI is InChI=1S/C13H18N2O3/c1-10(8-12(16)17)14-13(18)15(2)9-11-6-4-3-5-7-11/h3-7,10H,8-9H2,1-2H3,(H,14,18)(H,16,17). The number of benzene rings is 1. The summed E-state index contributed by atoms with van der Waals surface area (Å²) in [5, 5.41) is 11.2. The number of aliphatic carboxylic acids is 1. The molecule has 5 heteroatoms. The van der Waals surface area contributed by atoms with E-state index in [9.17, 15) is 9.59 Å². The molecular formula is C13H18N2O3. The van der Waals surface area contributed by atoms with Crippen LogP contribution in [0, 0.1) is 0 Å². The van der Waals surface area contributed by atoms with Crippen LogP contribution in [0.2, 0.25) is 0 Å². The molecule has 0 saturated carbocycles. The zero-order valence-electron chi connectivity index (χ0n) is 10.6. The summed E-state index contributed by atoms with van der Waals surface area (Å²) in [5.41, 5.74) is 1.03. The molecule has 0 saturated heterocycles. The Kier molecular flexibility index (Phi) is 5.17. The highest BCUT2D eigenvalue weighted by molar-refractivity contribution is 5.75. The average Bonchev–Trinajstić information content (AvgIpc) is 2.28. The van der Waals surface area contributed by atoms with Gasteiger partial charge in [0.25, 0.3) is 0 Å². The third-order valence-corrected chi connectivity index (χ3v) is 2.46. The Morgan fingerprint density at radius 3 is 2.50 bits per heavy atom. The maximum atomic E-state index is 11.8. The molecule has 0 aromatic heterocycles. The predicted octanol–water partition coefficient (Wildman–Crippen LogP) is 1.69. The fourth-order valence-corrected chi connectivity index (χ4v) is 1.56. The van der Waals surface area contributed by atoms with Crippen LogP contribution in [-0.4, -0.2) is 35.1 Å². The second-order valence-corrected chi connectivity index (χ2v) is 4.29. The van der Waals surface area contributed by atoms with Crippen LogP contribution >= 0.6 is 0 Å². The number of amides is 2. The van der Waals surface area contributed by atoms with E-state index in [1.54, 1.807) is 14.0 Å². The summed E-state index contributed by atoms with van der Waals surface area (Å²) in [7, 11) is 1.68. The van der Waals surface area contributed by atoms with Gasteiger partial charge in [0.2, 0.25) is 0 Å². The molecule has 1 aromatic rings. The number of nitrogens with one attached hydrogen (secondary N) is 1. The third-order valence-electron chi connectivity index (χ3n) is 2.46. The number of nitrogens with zero attached hydrogens (tertiary/aromatic N) is 1. The molecule has 1 aromatic carbocycles. The number of rotatable bonds is 5. The van der Waals surface area contributed by atoms with E-state index < -0.39 is 5.97 Å². The number of carboxylic acid groups (broad SMARTS) is 1. The minimum Gasteiger partial charge on any atom is -0.481 e. The van der Waals surface area contributed by atoms with Crippen LogP contribution in [-0.2, 0) is 11.3 Å². The van der Waals surface area contributed by atoms with Crippen molar-refractivity contribution in [2.24, 2.45) is 0 Å². The number of carbonyl (C=O) groups is 2. The van der Waals surface area contributed by atoms with E-state index in [4.69, 9.17) is 5.11 Å². The van der Waals surface area contributed by atoms with Gasteiger partial charge in [0.05, 0.1) is 6.42 Å². The smallest absolute Gasteiger partial charge is 0.317 e. The first-order valence-corrected chi connectivity index (χ1v) is 5.76. The number of urea groups is 1. The van der Waals surface area contributed by atoms with Gasteiger partial charge in [0.1, 0.15) is 0 Å². The summed E-state index contributed by atoms with van der Waals surface area (Å²) in [6, 6.07) is 8.95. The predicted molar refractivity (Wildman–Crippen MR) is 68.2 cm³/mol. The average molecular weight is 250 g/mol. The van der Waals surface area contributed by atoms with Crippen molar-refractivity contribution < 1.29 is 14.7 Å². The normalized spacial score (nSPS) is 11.7.